The Hall–Kier alpha value is -2.75. The van der Waals surface area contributed by atoms with Gasteiger partial charge in [-0.25, -0.2) is 0 Å². The van der Waals surface area contributed by atoms with Crippen molar-refractivity contribution >= 4 is 16.7 Å². The maximum absolute atomic E-state index is 12.5. The summed E-state index contributed by atoms with van der Waals surface area (Å²) in [6.45, 7) is 0.359. The molecule has 0 saturated carbocycles. The molecular formula is C17H15NO3. The molecule has 3 rings (SSSR count). The van der Waals surface area contributed by atoms with Crippen LogP contribution < -0.4 is 0 Å². The lowest BCUT2D eigenvalue weighted by molar-refractivity contribution is 0.0772. The van der Waals surface area contributed by atoms with Crippen LogP contribution in [0.2, 0.25) is 0 Å². The molecule has 0 bridgehead atoms. The number of phenolic OH excluding ortho intramolecular Hbond substituents is 1. The lowest BCUT2D eigenvalue weighted by atomic mass is 10.1. The van der Waals surface area contributed by atoms with Gasteiger partial charge in [-0.05, 0) is 35.0 Å². The predicted molar refractivity (Wildman–Crippen MR) is 80.1 cm³/mol. The smallest absolute Gasteiger partial charge is 0.257 e. The predicted octanol–water partition coefficient (Wildman–Crippen LogP) is 3.41. The van der Waals surface area contributed by atoms with Crippen LogP contribution in [0, 0.1) is 0 Å². The first-order valence-electron chi connectivity index (χ1n) is 6.65. The van der Waals surface area contributed by atoms with E-state index in [1.807, 2.05) is 30.3 Å². The molecule has 0 radical (unpaired) electrons. The average Bonchev–Trinajstić information content (AvgIpc) is 2.98. The Morgan fingerprint density at radius 2 is 1.86 bits per heavy atom. The maximum atomic E-state index is 12.5. The number of carbonyl (C=O) groups is 1. The minimum Gasteiger partial charge on any atom is -0.507 e. The molecule has 2 aromatic carbocycles. The molecular weight excluding hydrogens is 266 g/mol. The van der Waals surface area contributed by atoms with Gasteiger partial charge in [-0.1, -0.05) is 24.3 Å². The van der Waals surface area contributed by atoms with Gasteiger partial charge in [0.2, 0.25) is 0 Å². The van der Waals surface area contributed by atoms with E-state index in [0.717, 1.165) is 10.8 Å². The summed E-state index contributed by atoms with van der Waals surface area (Å²) in [6, 6.07) is 14.5. The number of amides is 1. The lowest BCUT2D eigenvalue weighted by Gasteiger charge is -2.17. The standard InChI is InChI=1S/C17H15NO3/c1-18(11-14-7-4-8-21-14)17(20)15-9-12-5-2-3-6-13(12)10-16(15)19/h2-10,19H,11H2,1H3. The summed E-state index contributed by atoms with van der Waals surface area (Å²) in [5, 5.41) is 11.9. The molecule has 0 unspecified atom stereocenters. The van der Waals surface area contributed by atoms with Crippen LogP contribution in [-0.4, -0.2) is 23.0 Å². The summed E-state index contributed by atoms with van der Waals surface area (Å²) in [5.74, 6) is 0.450. The second-order valence-electron chi connectivity index (χ2n) is 4.96. The highest BCUT2D eigenvalue weighted by Crippen LogP contribution is 2.26. The molecule has 0 aliphatic heterocycles. The van der Waals surface area contributed by atoms with Gasteiger partial charge >= 0.3 is 0 Å². The molecule has 0 fully saturated rings. The van der Waals surface area contributed by atoms with Gasteiger partial charge in [-0.3, -0.25) is 4.79 Å². The minimum atomic E-state index is -0.241. The number of fused-ring (bicyclic) bond motifs is 1. The van der Waals surface area contributed by atoms with Gasteiger partial charge in [0.25, 0.3) is 5.91 Å². The van der Waals surface area contributed by atoms with E-state index in [4.69, 9.17) is 4.42 Å². The van der Waals surface area contributed by atoms with Crippen LogP contribution in [0.4, 0.5) is 0 Å². The van der Waals surface area contributed by atoms with Gasteiger partial charge in [-0.15, -0.1) is 0 Å². The first kappa shape index (κ1) is 13.2. The van der Waals surface area contributed by atoms with Crippen molar-refractivity contribution in [1.29, 1.82) is 0 Å². The molecule has 0 atom stereocenters. The number of rotatable bonds is 3. The second-order valence-corrected chi connectivity index (χ2v) is 4.96. The summed E-state index contributed by atoms with van der Waals surface area (Å²) in [5.41, 5.74) is 0.294. The fraction of sp³-hybridized carbons (Fsp3) is 0.118. The summed E-state index contributed by atoms with van der Waals surface area (Å²) in [6.07, 6.45) is 1.57. The summed E-state index contributed by atoms with van der Waals surface area (Å²) in [4.78, 5) is 14.0. The number of hydrogen-bond acceptors (Lipinski definition) is 3. The largest absolute Gasteiger partial charge is 0.507 e. The first-order chi connectivity index (χ1) is 10.1. The normalized spacial score (nSPS) is 10.7. The SMILES string of the molecule is CN(Cc1ccco1)C(=O)c1cc2ccccc2cc1O. The van der Waals surface area contributed by atoms with Crippen LogP contribution in [0.1, 0.15) is 16.1 Å². The molecule has 1 N–H and O–H groups in total. The number of furan rings is 1. The second kappa shape index (κ2) is 5.32. The van der Waals surface area contributed by atoms with E-state index in [2.05, 4.69) is 0 Å². The third kappa shape index (κ3) is 2.60. The van der Waals surface area contributed by atoms with Crippen molar-refractivity contribution in [2.45, 2.75) is 6.54 Å². The van der Waals surface area contributed by atoms with Gasteiger partial charge in [0.05, 0.1) is 18.4 Å². The van der Waals surface area contributed by atoms with Crippen molar-refractivity contribution in [3.63, 3.8) is 0 Å². The van der Waals surface area contributed by atoms with Gasteiger partial charge in [0, 0.05) is 7.05 Å². The monoisotopic (exact) mass is 281 g/mol. The molecule has 4 heteroatoms. The van der Waals surface area contributed by atoms with E-state index in [-0.39, 0.29) is 11.7 Å². The lowest BCUT2D eigenvalue weighted by Crippen LogP contribution is -2.26. The fourth-order valence-electron chi connectivity index (χ4n) is 2.31. The third-order valence-corrected chi connectivity index (χ3v) is 3.41. The number of hydrogen-bond donors (Lipinski definition) is 1. The van der Waals surface area contributed by atoms with Crippen LogP contribution in [0.15, 0.2) is 59.2 Å². The van der Waals surface area contributed by atoms with Crippen LogP contribution in [-0.2, 0) is 6.54 Å². The average molecular weight is 281 g/mol. The number of aromatic hydroxyl groups is 1. The van der Waals surface area contributed by atoms with Crippen molar-refractivity contribution in [3.8, 4) is 5.75 Å². The van der Waals surface area contributed by atoms with Gasteiger partial charge in [0.1, 0.15) is 11.5 Å². The van der Waals surface area contributed by atoms with Crippen LogP contribution in [0.5, 0.6) is 5.75 Å². The molecule has 21 heavy (non-hydrogen) atoms. The topological polar surface area (TPSA) is 53.7 Å². The Bertz CT molecular complexity index is 778. The Morgan fingerprint density at radius 1 is 1.14 bits per heavy atom. The van der Waals surface area contributed by atoms with Gasteiger partial charge < -0.3 is 14.4 Å². The van der Waals surface area contributed by atoms with Gasteiger partial charge in [-0.2, -0.15) is 0 Å². The molecule has 0 saturated heterocycles. The fourth-order valence-corrected chi connectivity index (χ4v) is 2.31. The van der Waals surface area contributed by atoms with E-state index >= 15 is 0 Å². The zero-order valence-electron chi connectivity index (χ0n) is 11.6. The van der Waals surface area contributed by atoms with E-state index in [9.17, 15) is 9.90 Å². The highest BCUT2D eigenvalue weighted by atomic mass is 16.3. The molecule has 3 aromatic rings. The van der Waals surface area contributed by atoms with Crippen LogP contribution in [0.3, 0.4) is 0 Å². The summed E-state index contributed by atoms with van der Waals surface area (Å²) < 4.78 is 5.23. The number of phenols is 1. The Balaban J connectivity index is 1.91. The Labute approximate surface area is 122 Å². The van der Waals surface area contributed by atoms with Crippen molar-refractivity contribution in [1.82, 2.24) is 4.90 Å². The molecule has 0 spiro atoms. The van der Waals surface area contributed by atoms with Crippen LogP contribution in [0.25, 0.3) is 10.8 Å². The molecule has 4 nitrogen and oxygen atoms in total. The minimum absolute atomic E-state index is 0.00926. The molecule has 1 heterocycles. The van der Waals surface area contributed by atoms with Gasteiger partial charge in [0.15, 0.2) is 0 Å². The van der Waals surface area contributed by atoms with Crippen molar-refractivity contribution in [2.24, 2.45) is 0 Å². The number of benzene rings is 2. The highest BCUT2D eigenvalue weighted by molar-refractivity contribution is 6.01. The zero-order chi connectivity index (χ0) is 14.8. The van der Waals surface area contributed by atoms with Crippen molar-refractivity contribution in [2.75, 3.05) is 7.05 Å². The Morgan fingerprint density at radius 3 is 2.52 bits per heavy atom. The summed E-state index contributed by atoms with van der Waals surface area (Å²) >= 11 is 0. The zero-order valence-corrected chi connectivity index (χ0v) is 11.6. The summed E-state index contributed by atoms with van der Waals surface area (Å²) in [7, 11) is 1.68. The van der Waals surface area contributed by atoms with Crippen molar-refractivity contribution in [3.05, 3.63) is 66.1 Å². The van der Waals surface area contributed by atoms with E-state index in [0.29, 0.717) is 17.9 Å². The molecule has 0 aliphatic rings. The third-order valence-electron chi connectivity index (χ3n) is 3.41. The molecule has 1 amide bonds. The number of nitrogens with zero attached hydrogens (tertiary/aromatic N) is 1. The maximum Gasteiger partial charge on any atom is 0.257 e. The van der Waals surface area contributed by atoms with Crippen molar-refractivity contribution < 1.29 is 14.3 Å². The molecule has 1 aromatic heterocycles. The van der Waals surface area contributed by atoms with E-state index in [1.54, 1.807) is 31.5 Å². The first-order valence-corrected chi connectivity index (χ1v) is 6.65. The van der Waals surface area contributed by atoms with Crippen LogP contribution >= 0.6 is 0 Å². The molecule has 106 valence electrons. The van der Waals surface area contributed by atoms with E-state index < -0.39 is 0 Å². The quantitative estimate of drug-likeness (QED) is 0.800. The Kier molecular flexibility index (Phi) is 3.36. The van der Waals surface area contributed by atoms with E-state index in [1.165, 1.54) is 4.90 Å². The molecule has 0 aliphatic carbocycles. The highest BCUT2D eigenvalue weighted by Gasteiger charge is 2.17. The number of carbonyl (C=O) groups excluding carboxylic acids is 1.